The number of benzene rings is 2. The summed E-state index contributed by atoms with van der Waals surface area (Å²) in [5.41, 5.74) is 1.99. The molecule has 0 saturated carbocycles. The van der Waals surface area contributed by atoms with E-state index < -0.39 is 10.8 Å². The number of hydrogen-bond acceptors (Lipinski definition) is 3. The Bertz CT molecular complexity index is 781. The molecule has 4 heteroatoms. The fraction of sp³-hybridized carbons (Fsp3) is 0.111. The number of anilines is 2. The molecule has 1 heterocycles. The third kappa shape index (κ3) is 2.83. The maximum absolute atomic E-state index is 12.6. The number of aryl methyl sites for hydroxylation is 1. The van der Waals surface area contributed by atoms with Crippen molar-refractivity contribution in [1.82, 2.24) is 0 Å². The van der Waals surface area contributed by atoms with Crippen molar-refractivity contribution < 1.29 is 8.63 Å². The first-order valence-electron chi connectivity index (χ1n) is 7.03. The van der Waals surface area contributed by atoms with E-state index in [4.69, 9.17) is 4.42 Å². The van der Waals surface area contributed by atoms with Crippen molar-refractivity contribution in [2.24, 2.45) is 0 Å². The largest absolute Gasteiger partial charge is 0.431 e. The van der Waals surface area contributed by atoms with Gasteiger partial charge < -0.3 is 9.32 Å². The predicted octanol–water partition coefficient (Wildman–Crippen LogP) is 4.52. The van der Waals surface area contributed by atoms with Crippen LogP contribution in [0.4, 0.5) is 11.6 Å². The van der Waals surface area contributed by atoms with Gasteiger partial charge in [0.15, 0.2) is 5.09 Å². The molecule has 3 aromatic rings. The Morgan fingerprint density at radius 2 is 1.55 bits per heavy atom. The van der Waals surface area contributed by atoms with Crippen molar-refractivity contribution in [2.45, 2.75) is 16.9 Å². The molecule has 3 nitrogen and oxygen atoms in total. The number of furan rings is 1. The molecule has 0 fully saturated rings. The molecule has 2 aromatic carbocycles. The second-order valence-corrected chi connectivity index (χ2v) is 6.44. The highest BCUT2D eigenvalue weighted by Gasteiger charge is 2.18. The van der Waals surface area contributed by atoms with E-state index in [1.807, 2.05) is 85.6 Å². The number of nitrogens with zero attached hydrogens (tertiary/aromatic N) is 1. The van der Waals surface area contributed by atoms with Gasteiger partial charge in [-0.3, -0.25) is 0 Å². The molecule has 0 amide bonds. The second kappa shape index (κ2) is 6.20. The van der Waals surface area contributed by atoms with Crippen LogP contribution in [0, 0.1) is 6.92 Å². The SMILES string of the molecule is Cc1cc(S(=O)c2ccccc2)oc1N(C)c1ccccc1. The van der Waals surface area contributed by atoms with E-state index in [1.165, 1.54) is 0 Å². The maximum atomic E-state index is 12.6. The van der Waals surface area contributed by atoms with Crippen LogP contribution in [-0.2, 0) is 10.8 Å². The smallest absolute Gasteiger partial charge is 0.204 e. The minimum Gasteiger partial charge on any atom is -0.431 e. The molecule has 1 atom stereocenters. The predicted molar refractivity (Wildman–Crippen MR) is 89.1 cm³/mol. The number of para-hydroxylation sites is 1. The molecule has 0 spiro atoms. The summed E-state index contributed by atoms with van der Waals surface area (Å²) in [6.45, 7) is 1.96. The minimum absolute atomic E-state index is 0.474. The molecular weight excluding hydrogens is 294 g/mol. The zero-order valence-electron chi connectivity index (χ0n) is 12.5. The summed E-state index contributed by atoms with van der Waals surface area (Å²) in [5.74, 6) is 0.713. The van der Waals surface area contributed by atoms with Crippen molar-refractivity contribution in [2.75, 3.05) is 11.9 Å². The van der Waals surface area contributed by atoms with Crippen molar-refractivity contribution in [3.63, 3.8) is 0 Å². The van der Waals surface area contributed by atoms with Crippen LogP contribution in [0.2, 0.25) is 0 Å². The van der Waals surface area contributed by atoms with Crippen molar-refractivity contribution in [1.29, 1.82) is 0 Å². The van der Waals surface area contributed by atoms with E-state index >= 15 is 0 Å². The molecule has 0 saturated heterocycles. The van der Waals surface area contributed by atoms with E-state index in [2.05, 4.69) is 0 Å². The summed E-state index contributed by atoms with van der Waals surface area (Å²) in [7, 11) is 0.638. The molecule has 1 unspecified atom stereocenters. The molecule has 0 N–H and O–H groups in total. The monoisotopic (exact) mass is 311 g/mol. The van der Waals surface area contributed by atoms with Crippen molar-refractivity contribution >= 4 is 22.4 Å². The standard InChI is InChI=1S/C18H17NO2S/c1-14-13-17(22(20)16-11-7-4-8-12-16)21-18(14)19(2)15-9-5-3-6-10-15/h3-13H,1-2H3. The normalized spacial score (nSPS) is 12.1. The van der Waals surface area contributed by atoms with Crippen LogP contribution in [0.5, 0.6) is 0 Å². The Morgan fingerprint density at radius 1 is 0.955 bits per heavy atom. The Kier molecular flexibility index (Phi) is 4.11. The number of hydrogen-bond donors (Lipinski definition) is 0. The van der Waals surface area contributed by atoms with Crippen LogP contribution in [0.1, 0.15) is 5.56 Å². The molecule has 22 heavy (non-hydrogen) atoms. The lowest BCUT2D eigenvalue weighted by atomic mass is 10.3. The van der Waals surface area contributed by atoms with Gasteiger partial charge in [0.25, 0.3) is 0 Å². The summed E-state index contributed by atoms with van der Waals surface area (Å²) in [6.07, 6.45) is 0. The lowest BCUT2D eigenvalue weighted by Crippen LogP contribution is -2.09. The van der Waals surface area contributed by atoms with Gasteiger partial charge in [-0.05, 0) is 37.3 Å². The summed E-state index contributed by atoms with van der Waals surface area (Å²) >= 11 is 0. The molecule has 3 rings (SSSR count). The molecular formula is C18H17NO2S. The highest BCUT2D eigenvalue weighted by Crippen LogP contribution is 2.32. The van der Waals surface area contributed by atoms with Crippen LogP contribution in [0.15, 0.2) is 81.1 Å². The molecule has 0 aliphatic rings. The van der Waals surface area contributed by atoms with E-state index in [-0.39, 0.29) is 0 Å². The summed E-state index contributed by atoms with van der Waals surface area (Å²) in [5, 5.41) is 0.474. The highest BCUT2D eigenvalue weighted by molar-refractivity contribution is 7.85. The average molecular weight is 311 g/mol. The highest BCUT2D eigenvalue weighted by atomic mass is 32.2. The third-order valence-corrected chi connectivity index (χ3v) is 4.72. The van der Waals surface area contributed by atoms with Gasteiger partial charge in [0.2, 0.25) is 5.88 Å². The fourth-order valence-electron chi connectivity index (χ4n) is 2.30. The third-order valence-electron chi connectivity index (χ3n) is 3.46. The zero-order chi connectivity index (χ0) is 15.5. The lowest BCUT2D eigenvalue weighted by molar-refractivity contribution is 0.470. The van der Waals surface area contributed by atoms with Gasteiger partial charge >= 0.3 is 0 Å². The summed E-state index contributed by atoms with van der Waals surface area (Å²) in [6, 6.07) is 21.1. The van der Waals surface area contributed by atoms with Gasteiger partial charge in [0.05, 0.1) is 0 Å². The Balaban J connectivity index is 1.93. The van der Waals surface area contributed by atoms with Gasteiger partial charge in [-0.25, -0.2) is 4.21 Å². The van der Waals surface area contributed by atoms with Crippen molar-refractivity contribution in [3.05, 3.63) is 72.3 Å². The Hall–Kier alpha value is -2.33. The van der Waals surface area contributed by atoms with Crippen LogP contribution >= 0.6 is 0 Å². The Morgan fingerprint density at radius 3 is 2.18 bits per heavy atom. The molecule has 0 aliphatic carbocycles. The van der Waals surface area contributed by atoms with E-state index in [0.717, 1.165) is 16.1 Å². The molecule has 0 aliphatic heterocycles. The van der Waals surface area contributed by atoms with Gasteiger partial charge in [-0.15, -0.1) is 0 Å². The minimum atomic E-state index is -1.30. The lowest BCUT2D eigenvalue weighted by Gasteiger charge is -2.16. The van der Waals surface area contributed by atoms with E-state index in [1.54, 1.807) is 0 Å². The van der Waals surface area contributed by atoms with Gasteiger partial charge in [0, 0.05) is 23.2 Å². The van der Waals surface area contributed by atoms with Crippen LogP contribution < -0.4 is 4.90 Å². The first kappa shape index (κ1) is 14.6. The molecule has 1 aromatic heterocycles. The van der Waals surface area contributed by atoms with Gasteiger partial charge in [0.1, 0.15) is 10.8 Å². The topological polar surface area (TPSA) is 33.5 Å². The maximum Gasteiger partial charge on any atom is 0.204 e. The molecule has 112 valence electrons. The van der Waals surface area contributed by atoms with Gasteiger partial charge in [-0.1, -0.05) is 36.4 Å². The zero-order valence-corrected chi connectivity index (χ0v) is 13.3. The first-order chi connectivity index (χ1) is 10.7. The number of rotatable bonds is 4. The average Bonchev–Trinajstić information content (AvgIpc) is 2.97. The van der Waals surface area contributed by atoms with E-state index in [9.17, 15) is 4.21 Å². The first-order valence-corrected chi connectivity index (χ1v) is 8.18. The van der Waals surface area contributed by atoms with Gasteiger partial charge in [-0.2, -0.15) is 0 Å². The quantitative estimate of drug-likeness (QED) is 0.710. The van der Waals surface area contributed by atoms with Crippen LogP contribution in [0.3, 0.4) is 0 Å². The summed E-state index contributed by atoms with van der Waals surface area (Å²) in [4.78, 5) is 2.70. The summed E-state index contributed by atoms with van der Waals surface area (Å²) < 4.78 is 18.4. The Labute approximate surface area is 132 Å². The van der Waals surface area contributed by atoms with Crippen LogP contribution in [0.25, 0.3) is 0 Å². The van der Waals surface area contributed by atoms with Crippen LogP contribution in [-0.4, -0.2) is 11.3 Å². The van der Waals surface area contributed by atoms with Crippen molar-refractivity contribution in [3.8, 4) is 0 Å². The molecule has 0 radical (unpaired) electrons. The fourth-order valence-corrected chi connectivity index (χ4v) is 3.37. The van der Waals surface area contributed by atoms with E-state index in [0.29, 0.717) is 11.0 Å². The molecule has 0 bridgehead atoms. The second-order valence-electron chi connectivity index (χ2n) is 5.03.